The number of hydrogen-bond donors (Lipinski definition) is 3. The summed E-state index contributed by atoms with van der Waals surface area (Å²) in [5.74, 6) is -0.102. The highest BCUT2D eigenvalue weighted by Gasteiger charge is 2.20. The molecule has 0 saturated heterocycles. The van der Waals surface area contributed by atoms with Crippen molar-refractivity contribution in [2.75, 3.05) is 37.7 Å². The molecule has 1 aromatic rings. The normalized spacial score (nSPS) is 15.2. The fourth-order valence-electron chi connectivity index (χ4n) is 2.35. The summed E-state index contributed by atoms with van der Waals surface area (Å²) in [6.45, 7) is 4.16. The molecule has 1 atom stereocenters. The van der Waals surface area contributed by atoms with Crippen molar-refractivity contribution in [3.8, 4) is 5.75 Å². The number of carbonyl (C=O) groups is 1. The van der Waals surface area contributed by atoms with Crippen molar-refractivity contribution >= 4 is 11.7 Å². The van der Waals surface area contributed by atoms with Crippen LogP contribution in [0, 0.1) is 0 Å². The van der Waals surface area contributed by atoms with Crippen LogP contribution in [0.5, 0.6) is 5.75 Å². The summed E-state index contributed by atoms with van der Waals surface area (Å²) in [6.07, 6.45) is 0.467. The lowest BCUT2D eigenvalue weighted by Crippen LogP contribution is -2.36. The van der Waals surface area contributed by atoms with Gasteiger partial charge in [0.05, 0.1) is 18.3 Å². The summed E-state index contributed by atoms with van der Waals surface area (Å²) in [5, 5.41) is 21.3. The third-order valence-electron chi connectivity index (χ3n) is 3.34. The summed E-state index contributed by atoms with van der Waals surface area (Å²) in [7, 11) is 0. The van der Waals surface area contributed by atoms with Crippen LogP contribution in [0.3, 0.4) is 0 Å². The monoisotopic (exact) mass is 294 g/mol. The molecule has 6 heteroatoms. The maximum atomic E-state index is 10.9. The van der Waals surface area contributed by atoms with Crippen molar-refractivity contribution in [1.29, 1.82) is 0 Å². The van der Waals surface area contributed by atoms with Gasteiger partial charge < -0.3 is 25.2 Å². The summed E-state index contributed by atoms with van der Waals surface area (Å²) in [4.78, 5) is 12.7. The summed E-state index contributed by atoms with van der Waals surface area (Å²) in [5.41, 5.74) is 1.96. The summed E-state index contributed by atoms with van der Waals surface area (Å²) >= 11 is 0. The number of aliphatic hydroxyl groups is 1. The Morgan fingerprint density at radius 1 is 1.52 bits per heavy atom. The van der Waals surface area contributed by atoms with E-state index in [1.54, 1.807) is 6.92 Å². The van der Waals surface area contributed by atoms with Crippen molar-refractivity contribution < 1.29 is 19.7 Å². The first-order valence-electron chi connectivity index (χ1n) is 7.17. The second-order valence-corrected chi connectivity index (χ2v) is 5.27. The Hall–Kier alpha value is -1.79. The minimum Gasteiger partial charge on any atom is -0.490 e. The van der Waals surface area contributed by atoms with E-state index in [1.807, 2.05) is 23.1 Å². The van der Waals surface area contributed by atoms with Gasteiger partial charge in [-0.2, -0.15) is 0 Å². The molecule has 0 fully saturated rings. The molecule has 1 heterocycles. The van der Waals surface area contributed by atoms with Gasteiger partial charge in [-0.1, -0.05) is 6.07 Å². The van der Waals surface area contributed by atoms with Crippen LogP contribution in [0.2, 0.25) is 0 Å². The Kier molecular flexibility index (Phi) is 5.41. The minimum atomic E-state index is -0.841. The topological polar surface area (TPSA) is 82.0 Å². The fourth-order valence-corrected chi connectivity index (χ4v) is 2.35. The van der Waals surface area contributed by atoms with Crippen LogP contribution >= 0.6 is 0 Å². The SMILES string of the molecule is CC(O)CNCCc1ccc2c(c1)N(CC(=O)O)CCO2. The van der Waals surface area contributed by atoms with Crippen LogP contribution in [0.1, 0.15) is 12.5 Å². The van der Waals surface area contributed by atoms with Crippen molar-refractivity contribution in [1.82, 2.24) is 5.32 Å². The Labute approximate surface area is 124 Å². The first kappa shape index (κ1) is 15.6. The molecule has 0 saturated carbocycles. The van der Waals surface area contributed by atoms with Crippen LogP contribution in [0.15, 0.2) is 18.2 Å². The molecule has 6 nitrogen and oxygen atoms in total. The molecule has 0 aromatic heterocycles. The van der Waals surface area contributed by atoms with Crippen molar-refractivity contribution in [3.63, 3.8) is 0 Å². The Bertz CT molecular complexity index is 491. The van der Waals surface area contributed by atoms with Crippen molar-refractivity contribution in [3.05, 3.63) is 23.8 Å². The third-order valence-corrected chi connectivity index (χ3v) is 3.34. The number of nitrogens with one attached hydrogen (secondary N) is 1. The zero-order valence-corrected chi connectivity index (χ0v) is 12.2. The number of aliphatic hydroxyl groups excluding tert-OH is 1. The number of fused-ring (bicyclic) bond motifs is 1. The molecule has 1 unspecified atom stereocenters. The highest BCUT2D eigenvalue weighted by molar-refractivity contribution is 5.75. The van der Waals surface area contributed by atoms with E-state index in [9.17, 15) is 9.90 Å². The fraction of sp³-hybridized carbons (Fsp3) is 0.533. The largest absolute Gasteiger partial charge is 0.490 e. The zero-order valence-electron chi connectivity index (χ0n) is 12.2. The van der Waals surface area contributed by atoms with Crippen LogP contribution < -0.4 is 15.0 Å². The standard InChI is InChI=1S/C15H22N2O4/c1-11(18)9-16-5-4-12-2-3-14-13(8-12)17(6-7-21-14)10-15(19)20/h2-3,8,11,16,18H,4-7,9-10H2,1H3,(H,19,20). The molecule has 3 N–H and O–H groups in total. The lowest BCUT2D eigenvalue weighted by molar-refractivity contribution is -0.135. The summed E-state index contributed by atoms with van der Waals surface area (Å²) < 4.78 is 5.56. The van der Waals surface area contributed by atoms with E-state index in [4.69, 9.17) is 9.84 Å². The number of carboxylic acid groups (broad SMARTS) is 1. The average molecular weight is 294 g/mol. The number of ether oxygens (including phenoxy) is 1. The lowest BCUT2D eigenvalue weighted by Gasteiger charge is -2.30. The molecular formula is C15H22N2O4. The molecule has 0 bridgehead atoms. The molecule has 1 aromatic carbocycles. The van der Waals surface area contributed by atoms with Gasteiger partial charge in [0.2, 0.25) is 0 Å². The lowest BCUT2D eigenvalue weighted by atomic mass is 10.1. The van der Waals surface area contributed by atoms with Crippen LogP contribution in [-0.2, 0) is 11.2 Å². The minimum absolute atomic E-state index is 0.0138. The van der Waals surface area contributed by atoms with Gasteiger partial charge in [-0.05, 0) is 37.6 Å². The Morgan fingerprint density at radius 3 is 3.05 bits per heavy atom. The third kappa shape index (κ3) is 4.61. The average Bonchev–Trinajstić information content (AvgIpc) is 2.43. The number of nitrogens with zero attached hydrogens (tertiary/aromatic N) is 1. The van der Waals surface area contributed by atoms with E-state index in [2.05, 4.69) is 5.32 Å². The first-order valence-corrected chi connectivity index (χ1v) is 7.17. The number of benzene rings is 1. The van der Waals surface area contributed by atoms with E-state index in [0.29, 0.717) is 19.7 Å². The quantitative estimate of drug-likeness (QED) is 0.635. The number of hydrogen-bond acceptors (Lipinski definition) is 5. The molecule has 2 rings (SSSR count). The van der Waals surface area contributed by atoms with E-state index in [1.165, 1.54) is 0 Å². The zero-order chi connectivity index (χ0) is 15.2. The molecule has 116 valence electrons. The molecular weight excluding hydrogens is 272 g/mol. The first-order chi connectivity index (χ1) is 10.1. The molecule has 0 amide bonds. The molecule has 0 radical (unpaired) electrons. The molecule has 0 aliphatic carbocycles. The van der Waals surface area contributed by atoms with Gasteiger partial charge in [-0.3, -0.25) is 4.79 Å². The number of rotatable bonds is 7. The maximum Gasteiger partial charge on any atom is 0.323 e. The highest BCUT2D eigenvalue weighted by Crippen LogP contribution is 2.32. The van der Waals surface area contributed by atoms with Gasteiger partial charge in [0.25, 0.3) is 0 Å². The smallest absolute Gasteiger partial charge is 0.323 e. The van der Waals surface area contributed by atoms with E-state index in [0.717, 1.165) is 30.0 Å². The molecule has 1 aliphatic rings. The van der Waals surface area contributed by atoms with E-state index < -0.39 is 5.97 Å². The molecule has 0 spiro atoms. The molecule has 1 aliphatic heterocycles. The second kappa shape index (κ2) is 7.28. The van der Waals surface area contributed by atoms with Gasteiger partial charge in [-0.25, -0.2) is 0 Å². The van der Waals surface area contributed by atoms with Gasteiger partial charge in [-0.15, -0.1) is 0 Å². The predicted octanol–water partition coefficient (Wildman–Crippen LogP) is 0.483. The highest BCUT2D eigenvalue weighted by atomic mass is 16.5. The van der Waals surface area contributed by atoms with Crippen molar-refractivity contribution in [2.45, 2.75) is 19.4 Å². The van der Waals surface area contributed by atoms with Crippen LogP contribution in [0.25, 0.3) is 0 Å². The van der Waals surface area contributed by atoms with Crippen molar-refractivity contribution in [2.24, 2.45) is 0 Å². The van der Waals surface area contributed by atoms with Gasteiger partial charge >= 0.3 is 5.97 Å². The van der Waals surface area contributed by atoms with Gasteiger partial charge in [0.15, 0.2) is 0 Å². The summed E-state index contributed by atoms with van der Waals surface area (Å²) in [6, 6.07) is 5.88. The molecule has 21 heavy (non-hydrogen) atoms. The van der Waals surface area contributed by atoms with Gasteiger partial charge in [0, 0.05) is 6.54 Å². The van der Waals surface area contributed by atoms with E-state index >= 15 is 0 Å². The predicted molar refractivity (Wildman–Crippen MR) is 80.0 cm³/mol. The van der Waals surface area contributed by atoms with Gasteiger partial charge in [0.1, 0.15) is 18.9 Å². The van der Waals surface area contributed by atoms with Crippen LogP contribution in [0.4, 0.5) is 5.69 Å². The second-order valence-electron chi connectivity index (χ2n) is 5.27. The Morgan fingerprint density at radius 2 is 2.33 bits per heavy atom. The van der Waals surface area contributed by atoms with E-state index in [-0.39, 0.29) is 12.6 Å². The number of aliphatic carboxylic acids is 1. The number of carboxylic acids is 1. The Balaban J connectivity index is 2.00. The maximum absolute atomic E-state index is 10.9. The number of anilines is 1. The van der Waals surface area contributed by atoms with Crippen LogP contribution in [-0.4, -0.2) is 55.1 Å².